The lowest BCUT2D eigenvalue weighted by Gasteiger charge is -2.13. The Balaban J connectivity index is 2.15. The van der Waals surface area contributed by atoms with Crippen LogP contribution in [0.1, 0.15) is 18.4 Å². The van der Waals surface area contributed by atoms with Crippen LogP contribution in [0.15, 0.2) is 30.6 Å². The minimum absolute atomic E-state index is 0.158. The number of H-pyrrole nitrogens is 1. The molecule has 0 atom stereocenters. The SMILES string of the molecule is N/C(=C\CO)c1c(-c2cccnc2)[nH]c(NC2CC2)nc1=S. The van der Waals surface area contributed by atoms with Crippen LogP contribution >= 0.6 is 12.2 Å². The van der Waals surface area contributed by atoms with Crippen LogP contribution in [0.25, 0.3) is 17.0 Å². The van der Waals surface area contributed by atoms with Gasteiger partial charge in [-0.2, -0.15) is 0 Å². The maximum absolute atomic E-state index is 9.09. The Kier molecular flexibility index (Phi) is 4.17. The van der Waals surface area contributed by atoms with Gasteiger partial charge in [-0.15, -0.1) is 0 Å². The fraction of sp³-hybridized carbons (Fsp3) is 0.267. The first-order chi connectivity index (χ1) is 10.7. The maximum atomic E-state index is 9.09. The molecule has 22 heavy (non-hydrogen) atoms. The second kappa shape index (κ2) is 6.25. The Morgan fingerprint density at radius 1 is 1.55 bits per heavy atom. The summed E-state index contributed by atoms with van der Waals surface area (Å²) in [6, 6.07) is 4.22. The van der Waals surface area contributed by atoms with E-state index in [-0.39, 0.29) is 6.61 Å². The second-order valence-corrected chi connectivity index (χ2v) is 5.53. The van der Waals surface area contributed by atoms with E-state index in [1.807, 2.05) is 12.1 Å². The van der Waals surface area contributed by atoms with Gasteiger partial charge in [0.05, 0.1) is 17.9 Å². The van der Waals surface area contributed by atoms with Crippen molar-refractivity contribution in [3.05, 3.63) is 40.8 Å². The van der Waals surface area contributed by atoms with Crippen LogP contribution in [-0.2, 0) is 0 Å². The van der Waals surface area contributed by atoms with E-state index in [2.05, 4.69) is 20.3 Å². The number of anilines is 1. The summed E-state index contributed by atoms with van der Waals surface area (Å²) in [4.78, 5) is 11.8. The van der Waals surface area contributed by atoms with E-state index in [1.54, 1.807) is 12.4 Å². The highest BCUT2D eigenvalue weighted by molar-refractivity contribution is 7.71. The molecule has 0 amide bonds. The van der Waals surface area contributed by atoms with Gasteiger partial charge in [0.15, 0.2) is 0 Å². The van der Waals surface area contributed by atoms with Crippen molar-refractivity contribution in [3.63, 3.8) is 0 Å². The Morgan fingerprint density at radius 2 is 2.36 bits per heavy atom. The molecule has 6 nitrogen and oxygen atoms in total. The van der Waals surface area contributed by atoms with Crippen molar-refractivity contribution in [2.45, 2.75) is 18.9 Å². The highest BCUT2D eigenvalue weighted by Gasteiger charge is 2.22. The van der Waals surface area contributed by atoms with Crippen molar-refractivity contribution in [2.75, 3.05) is 11.9 Å². The van der Waals surface area contributed by atoms with Crippen molar-refractivity contribution in [1.29, 1.82) is 0 Å². The summed E-state index contributed by atoms with van der Waals surface area (Å²) < 4.78 is 0.392. The summed E-state index contributed by atoms with van der Waals surface area (Å²) >= 11 is 5.40. The van der Waals surface area contributed by atoms with E-state index in [1.165, 1.54) is 6.08 Å². The van der Waals surface area contributed by atoms with E-state index < -0.39 is 0 Å². The summed E-state index contributed by atoms with van der Waals surface area (Å²) in [7, 11) is 0. The van der Waals surface area contributed by atoms with E-state index >= 15 is 0 Å². The minimum Gasteiger partial charge on any atom is -0.398 e. The number of nitrogens with zero attached hydrogens (tertiary/aromatic N) is 2. The monoisotopic (exact) mass is 315 g/mol. The van der Waals surface area contributed by atoms with Gasteiger partial charge in [0.1, 0.15) is 4.64 Å². The molecule has 0 radical (unpaired) electrons. The largest absolute Gasteiger partial charge is 0.398 e. The number of hydrogen-bond acceptors (Lipinski definition) is 6. The molecule has 7 heteroatoms. The number of aromatic amines is 1. The van der Waals surface area contributed by atoms with Crippen LogP contribution in [0.5, 0.6) is 0 Å². The highest BCUT2D eigenvalue weighted by atomic mass is 32.1. The predicted molar refractivity (Wildman–Crippen MR) is 88.5 cm³/mol. The number of rotatable bonds is 5. The third-order valence-electron chi connectivity index (χ3n) is 3.39. The molecule has 0 aromatic carbocycles. The molecule has 114 valence electrons. The molecule has 1 aliphatic rings. The van der Waals surface area contributed by atoms with Gasteiger partial charge in [0.2, 0.25) is 5.95 Å². The van der Waals surface area contributed by atoms with Crippen LogP contribution in [0, 0.1) is 4.64 Å². The van der Waals surface area contributed by atoms with Gasteiger partial charge in [-0.05, 0) is 31.1 Å². The van der Waals surface area contributed by atoms with Gasteiger partial charge in [-0.3, -0.25) is 4.98 Å². The first-order valence-electron chi connectivity index (χ1n) is 7.07. The van der Waals surface area contributed by atoms with Crippen LogP contribution in [0.4, 0.5) is 5.95 Å². The topological polar surface area (TPSA) is 99.9 Å². The molecule has 2 aromatic rings. The van der Waals surface area contributed by atoms with E-state index in [9.17, 15) is 0 Å². The zero-order chi connectivity index (χ0) is 15.5. The molecule has 2 aromatic heterocycles. The van der Waals surface area contributed by atoms with E-state index in [4.69, 9.17) is 23.1 Å². The fourth-order valence-electron chi connectivity index (χ4n) is 2.16. The average Bonchev–Trinajstić information content (AvgIpc) is 3.31. The number of aliphatic hydroxyl groups excluding tert-OH is 1. The van der Waals surface area contributed by atoms with Crippen molar-refractivity contribution in [1.82, 2.24) is 15.0 Å². The third kappa shape index (κ3) is 3.15. The van der Waals surface area contributed by atoms with E-state index in [0.29, 0.717) is 27.9 Å². The molecule has 0 unspecified atom stereocenters. The van der Waals surface area contributed by atoms with E-state index in [0.717, 1.165) is 24.1 Å². The van der Waals surface area contributed by atoms with Gasteiger partial charge < -0.3 is 21.1 Å². The van der Waals surface area contributed by atoms with Crippen molar-refractivity contribution in [2.24, 2.45) is 5.73 Å². The van der Waals surface area contributed by atoms with Gasteiger partial charge in [0.25, 0.3) is 0 Å². The predicted octanol–water partition coefficient (Wildman–Crippen LogP) is 2.07. The molecule has 0 saturated heterocycles. The quantitative estimate of drug-likeness (QED) is 0.630. The molecule has 1 saturated carbocycles. The molecule has 0 spiro atoms. The lowest BCUT2D eigenvalue weighted by molar-refractivity contribution is 0.343. The first kappa shape index (κ1) is 14.7. The minimum atomic E-state index is -0.158. The number of aromatic nitrogens is 3. The molecule has 2 heterocycles. The molecule has 1 fully saturated rings. The maximum Gasteiger partial charge on any atom is 0.202 e. The van der Waals surface area contributed by atoms with Crippen molar-refractivity contribution < 1.29 is 5.11 Å². The highest BCUT2D eigenvalue weighted by Crippen LogP contribution is 2.28. The number of aliphatic hydroxyl groups is 1. The zero-order valence-electron chi connectivity index (χ0n) is 11.9. The third-order valence-corrected chi connectivity index (χ3v) is 3.68. The summed E-state index contributed by atoms with van der Waals surface area (Å²) in [6.45, 7) is -0.158. The Labute approximate surface area is 133 Å². The molecule has 3 rings (SSSR count). The van der Waals surface area contributed by atoms with Crippen LogP contribution < -0.4 is 11.1 Å². The Hall–Kier alpha value is -2.25. The molecule has 1 aliphatic carbocycles. The zero-order valence-corrected chi connectivity index (χ0v) is 12.7. The number of pyridine rings is 1. The van der Waals surface area contributed by atoms with Crippen molar-refractivity contribution >= 4 is 23.9 Å². The van der Waals surface area contributed by atoms with Crippen LogP contribution in [0.2, 0.25) is 0 Å². The molecular formula is C15H17N5OS. The summed E-state index contributed by atoms with van der Waals surface area (Å²) in [5.41, 5.74) is 8.66. The lowest BCUT2D eigenvalue weighted by Crippen LogP contribution is -2.10. The molecule has 0 aliphatic heterocycles. The Bertz CT molecular complexity index is 752. The van der Waals surface area contributed by atoms with Crippen LogP contribution in [0.3, 0.4) is 0 Å². The van der Waals surface area contributed by atoms with Gasteiger partial charge >= 0.3 is 0 Å². The number of nitrogens with one attached hydrogen (secondary N) is 2. The second-order valence-electron chi connectivity index (χ2n) is 5.14. The lowest BCUT2D eigenvalue weighted by atomic mass is 10.1. The van der Waals surface area contributed by atoms with Gasteiger partial charge in [-0.25, -0.2) is 4.98 Å². The normalized spacial score (nSPS) is 14.9. The van der Waals surface area contributed by atoms with Gasteiger partial charge in [0, 0.05) is 29.7 Å². The summed E-state index contributed by atoms with van der Waals surface area (Å²) in [6.07, 6.45) is 7.22. The van der Waals surface area contributed by atoms with Crippen molar-refractivity contribution in [3.8, 4) is 11.3 Å². The Morgan fingerprint density at radius 3 is 3.00 bits per heavy atom. The summed E-state index contributed by atoms with van der Waals surface area (Å²) in [5.74, 6) is 0.631. The average molecular weight is 315 g/mol. The molecule has 5 N–H and O–H groups in total. The summed E-state index contributed by atoms with van der Waals surface area (Å²) in [5, 5.41) is 12.4. The smallest absolute Gasteiger partial charge is 0.202 e. The van der Waals surface area contributed by atoms with Gasteiger partial charge in [-0.1, -0.05) is 12.2 Å². The number of nitrogens with two attached hydrogens (primary N) is 1. The molecule has 0 bridgehead atoms. The molecular weight excluding hydrogens is 298 g/mol. The fourth-order valence-corrected chi connectivity index (χ4v) is 2.47. The standard InChI is InChI=1S/C15H17N5OS/c16-11(5-7-21)12-13(9-2-1-6-17-8-9)19-15(20-14(12)22)18-10-3-4-10/h1-2,5-6,8,10,21H,3-4,7,16H2,(H2,18,19,20,22)/b11-5-. The first-order valence-corrected chi connectivity index (χ1v) is 7.48. The number of hydrogen-bond donors (Lipinski definition) is 4. The van der Waals surface area contributed by atoms with Crippen LogP contribution in [-0.4, -0.2) is 32.7 Å².